The van der Waals surface area contributed by atoms with E-state index in [0.29, 0.717) is 0 Å². The molecular formula is C10H20OSi. The van der Waals surface area contributed by atoms with Gasteiger partial charge in [-0.1, -0.05) is 25.8 Å². The summed E-state index contributed by atoms with van der Waals surface area (Å²) in [7, 11) is -1.42. The molecule has 1 saturated carbocycles. The van der Waals surface area contributed by atoms with Crippen LogP contribution in [0.2, 0.25) is 18.6 Å². The summed E-state index contributed by atoms with van der Waals surface area (Å²) in [5.41, 5.74) is 0.865. The van der Waals surface area contributed by atoms with Crippen molar-refractivity contribution in [3.05, 3.63) is 12.8 Å². The van der Waals surface area contributed by atoms with Crippen molar-refractivity contribution in [2.24, 2.45) is 0 Å². The second kappa shape index (κ2) is 4.12. The highest BCUT2D eigenvalue weighted by atomic mass is 28.4. The van der Waals surface area contributed by atoms with E-state index in [1.165, 1.54) is 32.1 Å². The molecule has 70 valence electrons. The standard InChI is InChI=1S/C10H20OSi/c1-4-11-12(2,3)10-8-6-5-7-9-10/h4,10H,1,5-9H2,2-3H3. The van der Waals surface area contributed by atoms with Gasteiger partial charge in [-0.15, -0.1) is 0 Å². The molecule has 0 atom stereocenters. The van der Waals surface area contributed by atoms with Gasteiger partial charge < -0.3 is 4.43 Å². The zero-order valence-corrected chi connectivity index (χ0v) is 9.31. The Kier molecular flexibility index (Phi) is 3.38. The monoisotopic (exact) mass is 184 g/mol. The Morgan fingerprint density at radius 3 is 2.33 bits per heavy atom. The average Bonchev–Trinajstić information content (AvgIpc) is 2.06. The van der Waals surface area contributed by atoms with Gasteiger partial charge in [0.05, 0.1) is 6.26 Å². The molecule has 0 saturated heterocycles. The zero-order valence-electron chi connectivity index (χ0n) is 8.31. The average molecular weight is 184 g/mol. The van der Waals surface area contributed by atoms with E-state index < -0.39 is 8.32 Å². The molecule has 0 aromatic carbocycles. The lowest BCUT2D eigenvalue weighted by atomic mass is 10.0. The van der Waals surface area contributed by atoms with E-state index in [1.54, 1.807) is 6.26 Å². The molecule has 0 bridgehead atoms. The maximum atomic E-state index is 5.67. The molecule has 0 unspecified atom stereocenters. The van der Waals surface area contributed by atoms with Gasteiger partial charge in [-0.25, -0.2) is 0 Å². The third-order valence-corrected chi connectivity index (χ3v) is 6.29. The first-order valence-electron chi connectivity index (χ1n) is 4.95. The molecule has 0 heterocycles. The summed E-state index contributed by atoms with van der Waals surface area (Å²) >= 11 is 0. The van der Waals surface area contributed by atoms with Crippen LogP contribution < -0.4 is 0 Å². The first-order valence-corrected chi connectivity index (χ1v) is 7.94. The fraction of sp³-hybridized carbons (Fsp3) is 0.800. The summed E-state index contributed by atoms with van der Waals surface area (Å²) in [5, 5.41) is 0. The Morgan fingerprint density at radius 2 is 1.83 bits per heavy atom. The summed E-state index contributed by atoms with van der Waals surface area (Å²) in [4.78, 5) is 0. The van der Waals surface area contributed by atoms with E-state index in [4.69, 9.17) is 4.43 Å². The van der Waals surface area contributed by atoms with Crippen molar-refractivity contribution in [2.75, 3.05) is 0 Å². The first kappa shape index (κ1) is 9.84. The van der Waals surface area contributed by atoms with Crippen LogP contribution in [0.4, 0.5) is 0 Å². The summed E-state index contributed by atoms with van der Waals surface area (Å²) < 4.78 is 5.67. The van der Waals surface area contributed by atoms with Gasteiger partial charge >= 0.3 is 0 Å². The summed E-state index contributed by atoms with van der Waals surface area (Å²) in [5.74, 6) is 0. The van der Waals surface area contributed by atoms with Crippen LogP contribution in [0, 0.1) is 0 Å². The molecule has 12 heavy (non-hydrogen) atoms. The van der Waals surface area contributed by atoms with Crippen LogP contribution in [0.25, 0.3) is 0 Å². The molecule has 0 aliphatic heterocycles. The van der Waals surface area contributed by atoms with Gasteiger partial charge in [0, 0.05) is 0 Å². The van der Waals surface area contributed by atoms with Crippen LogP contribution in [-0.4, -0.2) is 8.32 Å². The SMILES string of the molecule is C=CO[Si](C)(C)C1CCCCC1. The molecule has 0 radical (unpaired) electrons. The maximum absolute atomic E-state index is 5.67. The van der Waals surface area contributed by atoms with Crippen molar-refractivity contribution in [1.29, 1.82) is 0 Å². The van der Waals surface area contributed by atoms with Crippen LogP contribution in [0.3, 0.4) is 0 Å². The van der Waals surface area contributed by atoms with E-state index >= 15 is 0 Å². The minimum atomic E-state index is -1.42. The zero-order chi connectivity index (χ0) is 9.03. The lowest BCUT2D eigenvalue weighted by molar-refractivity contribution is 0.407. The van der Waals surface area contributed by atoms with Gasteiger partial charge in [-0.2, -0.15) is 0 Å². The number of hydrogen-bond acceptors (Lipinski definition) is 1. The molecule has 2 heteroatoms. The van der Waals surface area contributed by atoms with Crippen molar-refractivity contribution in [3.63, 3.8) is 0 Å². The second-order valence-electron chi connectivity index (χ2n) is 4.22. The number of hydrogen-bond donors (Lipinski definition) is 0. The van der Waals surface area contributed by atoms with E-state index in [0.717, 1.165) is 5.54 Å². The lowest BCUT2D eigenvalue weighted by Gasteiger charge is -2.33. The second-order valence-corrected chi connectivity index (χ2v) is 8.48. The Balaban J connectivity index is 2.47. The quantitative estimate of drug-likeness (QED) is 0.480. The Hall–Kier alpha value is -0.243. The smallest absolute Gasteiger partial charge is 0.247 e. The van der Waals surface area contributed by atoms with Crippen LogP contribution >= 0.6 is 0 Å². The van der Waals surface area contributed by atoms with Gasteiger partial charge in [0.2, 0.25) is 8.32 Å². The van der Waals surface area contributed by atoms with Crippen LogP contribution in [0.1, 0.15) is 32.1 Å². The molecular weight excluding hydrogens is 164 g/mol. The van der Waals surface area contributed by atoms with Crippen LogP contribution in [0.15, 0.2) is 12.8 Å². The Morgan fingerprint density at radius 1 is 1.25 bits per heavy atom. The minimum absolute atomic E-state index is 0.865. The first-order chi connectivity index (χ1) is 5.67. The largest absolute Gasteiger partial charge is 0.550 e. The van der Waals surface area contributed by atoms with Gasteiger partial charge in [0.15, 0.2) is 0 Å². The molecule has 0 N–H and O–H groups in total. The fourth-order valence-corrected chi connectivity index (χ4v) is 4.53. The fourth-order valence-electron chi connectivity index (χ4n) is 2.11. The summed E-state index contributed by atoms with van der Waals surface area (Å²) in [6.45, 7) is 8.27. The molecule has 0 spiro atoms. The molecule has 1 fully saturated rings. The summed E-state index contributed by atoms with van der Waals surface area (Å²) in [6.07, 6.45) is 8.64. The molecule has 1 aliphatic rings. The van der Waals surface area contributed by atoms with Gasteiger partial charge in [-0.05, 0) is 31.5 Å². The van der Waals surface area contributed by atoms with Crippen LogP contribution in [0.5, 0.6) is 0 Å². The van der Waals surface area contributed by atoms with E-state index in [2.05, 4.69) is 19.7 Å². The van der Waals surface area contributed by atoms with Crippen molar-refractivity contribution in [1.82, 2.24) is 0 Å². The van der Waals surface area contributed by atoms with Crippen molar-refractivity contribution in [3.8, 4) is 0 Å². The predicted molar refractivity (Wildman–Crippen MR) is 55.6 cm³/mol. The van der Waals surface area contributed by atoms with E-state index in [-0.39, 0.29) is 0 Å². The highest BCUT2D eigenvalue weighted by molar-refractivity contribution is 6.72. The van der Waals surface area contributed by atoms with E-state index in [1.807, 2.05) is 0 Å². The molecule has 0 aromatic rings. The normalized spacial score (nSPS) is 20.5. The third-order valence-electron chi connectivity index (χ3n) is 2.98. The van der Waals surface area contributed by atoms with E-state index in [9.17, 15) is 0 Å². The van der Waals surface area contributed by atoms with Gasteiger partial charge in [0.25, 0.3) is 0 Å². The third kappa shape index (κ3) is 2.37. The van der Waals surface area contributed by atoms with Gasteiger partial charge in [-0.3, -0.25) is 0 Å². The highest BCUT2D eigenvalue weighted by Crippen LogP contribution is 2.37. The molecule has 1 aliphatic carbocycles. The Bertz CT molecular complexity index is 148. The summed E-state index contributed by atoms with van der Waals surface area (Å²) in [6, 6.07) is 0. The van der Waals surface area contributed by atoms with Crippen LogP contribution in [-0.2, 0) is 4.43 Å². The molecule has 0 aromatic heterocycles. The molecule has 1 rings (SSSR count). The van der Waals surface area contributed by atoms with Crippen molar-refractivity contribution in [2.45, 2.75) is 50.7 Å². The highest BCUT2D eigenvalue weighted by Gasteiger charge is 2.34. The maximum Gasteiger partial charge on any atom is 0.247 e. The Labute approximate surface area is 76.9 Å². The van der Waals surface area contributed by atoms with Crippen molar-refractivity contribution < 1.29 is 4.43 Å². The number of rotatable bonds is 3. The minimum Gasteiger partial charge on any atom is -0.550 e. The van der Waals surface area contributed by atoms with Crippen molar-refractivity contribution >= 4 is 8.32 Å². The topological polar surface area (TPSA) is 9.23 Å². The van der Waals surface area contributed by atoms with Gasteiger partial charge in [0.1, 0.15) is 0 Å². The predicted octanol–water partition coefficient (Wildman–Crippen LogP) is 3.69. The lowest BCUT2D eigenvalue weighted by Crippen LogP contribution is -2.35. The molecule has 1 nitrogen and oxygen atoms in total. The molecule has 0 amide bonds.